The highest BCUT2D eigenvalue weighted by molar-refractivity contribution is 5.81. The molecule has 0 spiro atoms. The standard InChI is InChI=1S/C18H25N5O2.C9H9F4N/c1-18(25)6-2-3-16(18)21-14-4-7-22(8-5-14)15-9-13(11-24)10-23-17(15)19-12-20-23;1-14-5-6-3-2-4-7(8(6)10)9(11,12)13/h9-12,14,16,21,25H,2-8H2,1H3;2-4,14H,5H2,1H3. The van der Waals surface area contributed by atoms with E-state index in [1.807, 2.05) is 13.0 Å². The molecular formula is C27H34F4N6O2. The van der Waals surface area contributed by atoms with Crippen molar-refractivity contribution in [3.8, 4) is 0 Å². The number of hydrogen-bond acceptors (Lipinski definition) is 7. The van der Waals surface area contributed by atoms with Gasteiger partial charge in [-0.25, -0.2) is 13.9 Å². The highest BCUT2D eigenvalue weighted by atomic mass is 19.4. The van der Waals surface area contributed by atoms with Gasteiger partial charge in [0.05, 0.1) is 16.9 Å². The number of aldehydes is 1. The Labute approximate surface area is 224 Å². The minimum Gasteiger partial charge on any atom is -0.389 e. The van der Waals surface area contributed by atoms with Crippen molar-refractivity contribution < 1.29 is 27.5 Å². The van der Waals surface area contributed by atoms with Crippen LogP contribution < -0.4 is 15.5 Å². The lowest BCUT2D eigenvalue weighted by Gasteiger charge is -2.37. The molecule has 1 aromatic carbocycles. The van der Waals surface area contributed by atoms with Crippen LogP contribution in [0.15, 0.2) is 36.8 Å². The van der Waals surface area contributed by atoms with Gasteiger partial charge >= 0.3 is 6.18 Å². The van der Waals surface area contributed by atoms with Crippen LogP contribution in [-0.4, -0.2) is 63.8 Å². The van der Waals surface area contributed by atoms with E-state index in [4.69, 9.17) is 0 Å². The number of benzene rings is 1. The van der Waals surface area contributed by atoms with Crippen molar-refractivity contribution in [2.75, 3.05) is 25.0 Å². The van der Waals surface area contributed by atoms with Crippen LogP contribution in [0.3, 0.4) is 0 Å². The summed E-state index contributed by atoms with van der Waals surface area (Å²) < 4.78 is 51.5. The third-order valence-electron chi connectivity index (χ3n) is 7.46. The Morgan fingerprint density at radius 1 is 1.23 bits per heavy atom. The molecule has 1 saturated heterocycles. The lowest BCUT2D eigenvalue weighted by Crippen LogP contribution is -2.52. The minimum absolute atomic E-state index is 0.0160. The van der Waals surface area contributed by atoms with Crippen LogP contribution in [-0.2, 0) is 12.7 Å². The molecule has 3 heterocycles. The molecule has 8 nitrogen and oxygen atoms in total. The van der Waals surface area contributed by atoms with Crippen LogP contribution in [0, 0.1) is 5.82 Å². The summed E-state index contributed by atoms with van der Waals surface area (Å²) in [6.45, 7) is 3.82. The van der Waals surface area contributed by atoms with Gasteiger partial charge in [0.1, 0.15) is 12.1 Å². The molecule has 1 aliphatic heterocycles. The quantitative estimate of drug-likeness (QED) is 0.316. The second-order valence-electron chi connectivity index (χ2n) is 10.3. The summed E-state index contributed by atoms with van der Waals surface area (Å²) in [4.78, 5) is 17.8. The summed E-state index contributed by atoms with van der Waals surface area (Å²) >= 11 is 0. The van der Waals surface area contributed by atoms with Crippen LogP contribution in [0.4, 0.5) is 23.2 Å². The van der Waals surface area contributed by atoms with E-state index < -0.39 is 23.2 Å². The van der Waals surface area contributed by atoms with Crippen molar-refractivity contribution in [1.29, 1.82) is 0 Å². The molecule has 212 valence electrons. The van der Waals surface area contributed by atoms with E-state index in [1.54, 1.807) is 17.8 Å². The number of carbonyl (C=O) groups is 1. The minimum atomic E-state index is -4.63. The van der Waals surface area contributed by atoms with Crippen molar-refractivity contribution in [2.24, 2.45) is 0 Å². The average Bonchev–Trinajstić information content (AvgIpc) is 3.50. The molecule has 0 amide bonds. The van der Waals surface area contributed by atoms with Gasteiger partial charge in [0.15, 0.2) is 11.9 Å². The number of rotatable bonds is 6. The molecular weight excluding hydrogens is 516 g/mol. The second kappa shape index (κ2) is 12.0. The number of nitrogens with one attached hydrogen (secondary N) is 2. The fourth-order valence-electron chi connectivity index (χ4n) is 5.34. The first kappa shape index (κ1) is 28.9. The zero-order valence-electron chi connectivity index (χ0n) is 22.0. The van der Waals surface area contributed by atoms with Crippen LogP contribution in [0.2, 0.25) is 0 Å². The number of halogens is 4. The Morgan fingerprint density at radius 3 is 2.59 bits per heavy atom. The Morgan fingerprint density at radius 2 is 1.97 bits per heavy atom. The van der Waals surface area contributed by atoms with E-state index in [0.717, 1.165) is 68.9 Å². The molecule has 2 aliphatic rings. The fraction of sp³-hybridized carbons (Fsp3) is 0.519. The van der Waals surface area contributed by atoms with Gasteiger partial charge in [-0.2, -0.15) is 18.3 Å². The molecule has 1 saturated carbocycles. The number of fused-ring (bicyclic) bond motifs is 1. The van der Waals surface area contributed by atoms with E-state index in [2.05, 4.69) is 25.6 Å². The van der Waals surface area contributed by atoms with Gasteiger partial charge in [-0.1, -0.05) is 12.1 Å². The first-order valence-electron chi connectivity index (χ1n) is 13.0. The Hall–Kier alpha value is -3.09. The molecule has 39 heavy (non-hydrogen) atoms. The molecule has 12 heteroatoms. The van der Waals surface area contributed by atoms with E-state index in [-0.39, 0.29) is 18.2 Å². The number of pyridine rings is 1. The Bertz CT molecular complexity index is 1270. The number of carbonyl (C=O) groups excluding carboxylic acids is 1. The van der Waals surface area contributed by atoms with Gasteiger partial charge in [0.2, 0.25) is 0 Å². The fourth-order valence-corrected chi connectivity index (χ4v) is 5.34. The van der Waals surface area contributed by atoms with Crippen LogP contribution in [0.1, 0.15) is 60.5 Å². The zero-order chi connectivity index (χ0) is 28.2. The van der Waals surface area contributed by atoms with Crippen molar-refractivity contribution in [1.82, 2.24) is 25.2 Å². The number of alkyl halides is 3. The summed E-state index contributed by atoms with van der Waals surface area (Å²) in [5, 5.41) is 20.9. The molecule has 2 aromatic heterocycles. The van der Waals surface area contributed by atoms with Gasteiger partial charge in [-0.15, -0.1) is 0 Å². The first-order chi connectivity index (χ1) is 18.5. The van der Waals surface area contributed by atoms with Crippen molar-refractivity contribution in [2.45, 2.75) is 69.4 Å². The predicted molar refractivity (Wildman–Crippen MR) is 139 cm³/mol. The van der Waals surface area contributed by atoms with Crippen LogP contribution in [0.5, 0.6) is 0 Å². The van der Waals surface area contributed by atoms with Crippen molar-refractivity contribution in [3.63, 3.8) is 0 Å². The molecule has 2 atom stereocenters. The molecule has 2 unspecified atom stereocenters. The smallest absolute Gasteiger partial charge is 0.389 e. The Balaban J connectivity index is 0.000000215. The molecule has 2 fully saturated rings. The lowest BCUT2D eigenvalue weighted by molar-refractivity contribution is -0.140. The van der Waals surface area contributed by atoms with E-state index in [0.29, 0.717) is 11.6 Å². The summed E-state index contributed by atoms with van der Waals surface area (Å²) in [6, 6.07) is 5.76. The molecule has 1 aliphatic carbocycles. The van der Waals surface area contributed by atoms with Gasteiger partial charge < -0.3 is 20.6 Å². The molecule has 3 aromatic rings. The summed E-state index contributed by atoms with van der Waals surface area (Å²) in [5.74, 6) is -1.20. The van der Waals surface area contributed by atoms with Gasteiger partial charge in [-0.3, -0.25) is 4.79 Å². The maximum absolute atomic E-state index is 13.2. The summed E-state index contributed by atoms with van der Waals surface area (Å²) in [6.07, 6.45) is 4.49. The molecule has 0 radical (unpaired) electrons. The topological polar surface area (TPSA) is 94.8 Å². The maximum atomic E-state index is 13.2. The van der Waals surface area contributed by atoms with Crippen molar-refractivity contribution >= 4 is 17.6 Å². The molecule has 0 bridgehead atoms. The number of hydrogen-bond donors (Lipinski definition) is 3. The molecule has 3 N–H and O–H groups in total. The maximum Gasteiger partial charge on any atom is 0.419 e. The third kappa shape index (κ3) is 6.74. The summed E-state index contributed by atoms with van der Waals surface area (Å²) in [7, 11) is 1.54. The van der Waals surface area contributed by atoms with Gasteiger partial charge in [0, 0.05) is 49.0 Å². The second-order valence-corrected chi connectivity index (χ2v) is 10.3. The third-order valence-corrected chi connectivity index (χ3v) is 7.46. The first-order valence-corrected chi connectivity index (χ1v) is 13.0. The average molecular weight is 551 g/mol. The number of nitrogens with zero attached hydrogens (tertiary/aromatic N) is 4. The van der Waals surface area contributed by atoms with E-state index >= 15 is 0 Å². The van der Waals surface area contributed by atoms with Gasteiger partial charge in [0.25, 0.3) is 0 Å². The predicted octanol–water partition coefficient (Wildman–Crippen LogP) is 3.97. The van der Waals surface area contributed by atoms with Crippen molar-refractivity contribution in [3.05, 3.63) is 59.3 Å². The normalized spacial score (nSPS) is 22.1. The monoisotopic (exact) mass is 550 g/mol. The molecule has 5 rings (SSSR count). The number of anilines is 1. The van der Waals surface area contributed by atoms with E-state index in [1.165, 1.54) is 18.5 Å². The number of aromatic nitrogens is 3. The number of piperidine rings is 1. The van der Waals surface area contributed by atoms with E-state index in [9.17, 15) is 27.5 Å². The highest BCUT2D eigenvalue weighted by Gasteiger charge is 2.38. The zero-order valence-corrected chi connectivity index (χ0v) is 22.0. The van der Waals surface area contributed by atoms with Crippen LogP contribution in [0.25, 0.3) is 5.65 Å². The lowest BCUT2D eigenvalue weighted by atomic mass is 9.97. The summed E-state index contributed by atoms with van der Waals surface area (Å²) in [5.41, 5.74) is 0.579. The van der Waals surface area contributed by atoms with Crippen LogP contribution >= 0.6 is 0 Å². The highest BCUT2D eigenvalue weighted by Crippen LogP contribution is 2.33. The van der Waals surface area contributed by atoms with Gasteiger partial charge in [-0.05, 0) is 58.2 Å². The number of aliphatic hydroxyl groups is 1. The Kier molecular flexibility index (Phi) is 8.87. The largest absolute Gasteiger partial charge is 0.419 e. The SMILES string of the molecule is CC1(O)CCCC1NC1CCN(c2cc(C=O)cn3ncnc23)CC1.CNCc1cccc(C(F)(F)F)c1F.